The second-order valence-corrected chi connectivity index (χ2v) is 7.65. The van der Waals surface area contributed by atoms with Crippen molar-refractivity contribution < 1.29 is 29.1 Å². The number of rotatable bonds is 14. The average molecular weight is 455 g/mol. The first-order valence-corrected chi connectivity index (χ1v) is 11.0. The summed E-state index contributed by atoms with van der Waals surface area (Å²) in [5.41, 5.74) is -1.98. The van der Waals surface area contributed by atoms with Gasteiger partial charge in [-0.05, 0) is 32.0 Å². The highest BCUT2D eigenvalue weighted by Crippen LogP contribution is 2.15. The van der Waals surface area contributed by atoms with E-state index in [0.29, 0.717) is 32.2 Å². The zero-order valence-corrected chi connectivity index (χ0v) is 18.4. The van der Waals surface area contributed by atoms with Gasteiger partial charge in [0.25, 0.3) is 0 Å². The van der Waals surface area contributed by atoms with Crippen molar-refractivity contribution in [1.82, 2.24) is 26.6 Å². The summed E-state index contributed by atoms with van der Waals surface area (Å²) in [5.74, 6) is -1.92. The molecule has 12 heteroatoms. The summed E-state index contributed by atoms with van der Waals surface area (Å²) in [7, 11) is 0. The Labute approximate surface area is 187 Å². The molecule has 3 unspecified atom stereocenters. The number of unbranched alkanes of at least 4 members (excludes halogenated alkanes) is 2. The highest BCUT2D eigenvalue weighted by atomic mass is 16.6. The molecule has 0 aromatic heterocycles. The summed E-state index contributed by atoms with van der Waals surface area (Å²) in [4.78, 5) is 42.0. The van der Waals surface area contributed by atoms with E-state index in [9.17, 15) is 19.5 Å². The van der Waals surface area contributed by atoms with Crippen LogP contribution in [0.1, 0.15) is 51.9 Å². The molecule has 0 aliphatic carbocycles. The molecule has 2 aliphatic heterocycles. The van der Waals surface area contributed by atoms with Gasteiger partial charge in [-0.1, -0.05) is 24.6 Å². The molecule has 0 radical (unpaired) electrons. The van der Waals surface area contributed by atoms with Gasteiger partial charge in [-0.3, -0.25) is 20.7 Å². The molecule has 0 saturated heterocycles. The van der Waals surface area contributed by atoms with Gasteiger partial charge in [-0.25, -0.2) is 9.59 Å². The molecule has 0 fully saturated rings. The number of hydrogen-bond acceptors (Lipinski definition) is 9. The molecule has 0 spiro atoms. The summed E-state index contributed by atoms with van der Waals surface area (Å²) >= 11 is 0. The Hall–Kier alpha value is -2.86. The van der Waals surface area contributed by atoms with E-state index in [0.717, 1.165) is 13.0 Å². The lowest BCUT2D eigenvalue weighted by atomic mass is 10.0. The zero-order valence-electron chi connectivity index (χ0n) is 18.4. The fraction of sp³-hybridized carbons (Fsp3) is 0.700. The van der Waals surface area contributed by atoms with Crippen LogP contribution in [0.3, 0.4) is 0 Å². The molecule has 0 saturated carbocycles. The van der Waals surface area contributed by atoms with E-state index >= 15 is 0 Å². The molecule has 0 aromatic carbocycles. The molecule has 2 amide bonds. The minimum Gasteiger partial charge on any atom is -0.478 e. The number of carbonyl (C=O) groups is 3. The molecule has 2 aliphatic rings. The van der Waals surface area contributed by atoms with Crippen LogP contribution in [0.25, 0.3) is 0 Å². The molecular formula is C20H34N6O6. The van der Waals surface area contributed by atoms with Gasteiger partial charge in [-0.2, -0.15) is 0 Å². The van der Waals surface area contributed by atoms with Gasteiger partial charge in [-0.15, -0.1) is 0 Å². The Morgan fingerprint density at radius 3 is 2.78 bits per heavy atom. The van der Waals surface area contributed by atoms with E-state index in [2.05, 4.69) is 31.7 Å². The lowest BCUT2D eigenvalue weighted by Crippen LogP contribution is -2.66. The van der Waals surface area contributed by atoms with Crippen molar-refractivity contribution in [3.8, 4) is 0 Å². The average Bonchev–Trinajstić information content (AvgIpc) is 3.27. The first-order chi connectivity index (χ1) is 15.4. The zero-order chi connectivity index (χ0) is 23.2. The Kier molecular flexibility index (Phi) is 10.7. The fourth-order valence-electron chi connectivity index (χ4n) is 3.20. The molecule has 2 heterocycles. The van der Waals surface area contributed by atoms with Crippen molar-refractivity contribution in [3.63, 3.8) is 0 Å². The summed E-state index contributed by atoms with van der Waals surface area (Å²) in [6, 6.07) is 0. The second kappa shape index (κ2) is 13.5. The molecule has 3 atom stereocenters. The van der Waals surface area contributed by atoms with Crippen LogP contribution in [-0.4, -0.2) is 67.0 Å². The van der Waals surface area contributed by atoms with Crippen molar-refractivity contribution in [3.05, 3.63) is 12.3 Å². The van der Waals surface area contributed by atoms with Crippen LogP contribution >= 0.6 is 0 Å². The lowest BCUT2D eigenvalue weighted by Gasteiger charge is -2.31. The van der Waals surface area contributed by atoms with Gasteiger partial charge >= 0.3 is 12.1 Å². The molecule has 0 bridgehead atoms. The summed E-state index contributed by atoms with van der Waals surface area (Å²) in [6.07, 6.45) is 6.87. The van der Waals surface area contributed by atoms with E-state index in [-0.39, 0.29) is 25.7 Å². The van der Waals surface area contributed by atoms with Crippen molar-refractivity contribution in [2.24, 2.45) is 5.16 Å². The minimum atomic E-state index is -1.98. The first kappa shape index (κ1) is 25.4. The fourth-order valence-corrected chi connectivity index (χ4v) is 3.20. The van der Waals surface area contributed by atoms with Crippen LogP contribution in [-0.2, 0) is 19.2 Å². The molecular weight excluding hydrogens is 420 g/mol. The Morgan fingerprint density at radius 2 is 2.12 bits per heavy atom. The van der Waals surface area contributed by atoms with E-state index in [4.69, 9.17) is 9.57 Å². The summed E-state index contributed by atoms with van der Waals surface area (Å²) < 4.78 is 5.07. The predicted molar refractivity (Wildman–Crippen MR) is 116 cm³/mol. The van der Waals surface area contributed by atoms with Crippen LogP contribution in [0.4, 0.5) is 4.79 Å². The number of nitrogens with zero attached hydrogens (tertiary/aromatic N) is 1. The minimum absolute atomic E-state index is 0.00786. The molecule has 0 aromatic rings. The first-order valence-electron chi connectivity index (χ1n) is 11.0. The predicted octanol–water partition coefficient (Wildman–Crippen LogP) is 0.325. The van der Waals surface area contributed by atoms with Crippen LogP contribution in [0, 0.1) is 0 Å². The summed E-state index contributed by atoms with van der Waals surface area (Å²) in [5, 5.41) is 27.9. The van der Waals surface area contributed by atoms with Crippen molar-refractivity contribution >= 4 is 24.2 Å². The van der Waals surface area contributed by atoms with Crippen LogP contribution < -0.4 is 26.6 Å². The van der Waals surface area contributed by atoms with Gasteiger partial charge in [0.2, 0.25) is 11.6 Å². The molecule has 12 nitrogen and oxygen atoms in total. The number of amides is 2. The third-order valence-corrected chi connectivity index (χ3v) is 4.98. The Balaban J connectivity index is 1.92. The maximum Gasteiger partial charge on any atom is 0.409 e. The van der Waals surface area contributed by atoms with Crippen LogP contribution in [0.5, 0.6) is 0 Å². The lowest BCUT2D eigenvalue weighted by molar-refractivity contribution is -0.150. The number of oxime groups is 1. The van der Waals surface area contributed by atoms with Crippen molar-refractivity contribution in [2.45, 2.75) is 69.9 Å². The standard InChI is InChI=1S/C20H34N6O6/c1-2-3-13-31-19(30)26-20(17(28)29,25-16(27)14-15-7-12-24-32-15)8-4-5-9-21-18-22-10-6-11-23-18/h6,10,12,15,18,21-23H,2-5,7-9,11,13-14H2,1H3,(H,25,27)(H,26,30)(H,28,29). The molecule has 180 valence electrons. The Morgan fingerprint density at radius 1 is 1.28 bits per heavy atom. The topological polar surface area (TPSA) is 162 Å². The molecule has 6 N–H and O–H groups in total. The van der Waals surface area contributed by atoms with E-state index in [1.54, 1.807) is 6.21 Å². The molecule has 2 rings (SSSR count). The second-order valence-electron chi connectivity index (χ2n) is 7.65. The van der Waals surface area contributed by atoms with Gasteiger partial charge in [0.1, 0.15) is 12.4 Å². The third kappa shape index (κ3) is 8.71. The smallest absolute Gasteiger partial charge is 0.409 e. The van der Waals surface area contributed by atoms with E-state index in [1.807, 2.05) is 19.2 Å². The van der Waals surface area contributed by atoms with Crippen molar-refractivity contribution in [2.75, 3.05) is 19.7 Å². The summed E-state index contributed by atoms with van der Waals surface area (Å²) in [6.45, 7) is 3.47. The maximum absolute atomic E-state index is 12.5. The largest absolute Gasteiger partial charge is 0.478 e. The number of alkyl carbamates (subject to hydrolysis) is 1. The van der Waals surface area contributed by atoms with Crippen LogP contribution in [0.15, 0.2) is 17.4 Å². The molecule has 32 heavy (non-hydrogen) atoms. The highest BCUT2D eigenvalue weighted by Gasteiger charge is 2.42. The highest BCUT2D eigenvalue weighted by molar-refractivity contribution is 5.90. The van der Waals surface area contributed by atoms with E-state index < -0.39 is 29.7 Å². The number of carbonyl (C=O) groups excluding carboxylic acids is 2. The van der Waals surface area contributed by atoms with Gasteiger partial charge in [0, 0.05) is 25.6 Å². The number of carboxylic acid groups (broad SMARTS) is 1. The SMILES string of the molecule is CCCCOC(=O)NC(CCCCNC1NC=CCN1)(NC(=O)CC1CC=NO1)C(=O)O. The van der Waals surface area contributed by atoms with Gasteiger partial charge in [0.05, 0.1) is 13.0 Å². The number of ether oxygens (including phenoxy) is 1. The van der Waals surface area contributed by atoms with Gasteiger partial charge < -0.3 is 25.3 Å². The maximum atomic E-state index is 12.5. The van der Waals surface area contributed by atoms with Crippen molar-refractivity contribution in [1.29, 1.82) is 0 Å². The quantitative estimate of drug-likeness (QED) is 0.160. The monoisotopic (exact) mass is 454 g/mol. The number of carboxylic acids is 1. The van der Waals surface area contributed by atoms with Crippen LogP contribution in [0.2, 0.25) is 0 Å². The normalized spacial score (nSPS) is 21.2. The number of nitrogens with one attached hydrogen (secondary N) is 5. The number of hydrogen-bond donors (Lipinski definition) is 6. The van der Waals surface area contributed by atoms with Gasteiger partial charge in [0.15, 0.2) is 0 Å². The number of aliphatic carboxylic acids is 1. The third-order valence-electron chi connectivity index (χ3n) is 4.98. The Bertz CT molecular complexity index is 679. The van der Waals surface area contributed by atoms with E-state index in [1.165, 1.54) is 0 Å².